The Balaban J connectivity index is 0.00000176. The fraction of sp³-hybridized carbons (Fsp3) is 0.250. The first kappa shape index (κ1) is 17.2. The molecule has 1 aliphatic rings. The molecule has 0 fully saturated rings. The van der Waals surface area contributed by atoms with Crippen molar-refractivity contribution < 1.29 is 9.47 Å². The Hall–Kier alpha value is -1.13. The molecule has 1 atom stereocenters. The van der Waals surface area contributed by atoms with Crippen LogP contribution >= 0.6 is 35.6 Å². The third-order valence-corrected chi connectivity index (χ3v) is 4.13. The molecule has 0 amide bonds. The molecule has 0 radical (unpaired) electrons. The van der Waals surface area contributed by atoms with Gasteiger partial charge in [-0.2, -0.15) is 0 Å². The van der Waals surface area contributed by atoms with Crippen molar-refractivity contribution in [3.05, 3.63) is 57.6 Å². The quantitative estimate of drug-likeness (QED) is 0.889. The lowest BCUT2D eigenvalue weighted by Crippen LogP contribution is -2.33. The van der Waals surface area contributed by atoms with Gasteiger partial charge in [-0.15, -0.1) is 12.4 Å². The van der Waals surface area contributed by atoms with Crippen molar-refractivity contribution in [3.63, 3.8) is 0 Å². The zero-order valence-corrected chi connectivity index (χ0v) is 14.0. The average Bonchev–Trinajstić information content (AvgIpc) is 2.47. The molecule has 3 rings (SSSR count). The third-order valence-electron chi connectivity index (χ3n) is 3.42. The van der Waals surface area contributed by atoms with Crippen LogP contribution in [0.4, 0.5) is 0 Å². The van der Waals surface area contributed by atoms with E-state index in [1.54, 1.807) is 12.1 Å². The molecule has 0 spiro atoms. The largest absolute Gasteiger partial charge is 0.492 e. The zero-order chi connectivity index (χ0) is 14.8. The molecule has 0 saturated carbocycles. The van der Waals surface area contributed by atoms with Gasteiger partial charge in [-0.3, -0.25) is 0 Å². The summed E-state index contributed by atoms with van der Waals surface area (Å²) in [6, 6.07) is 11.2. The van der Waals surface area contributed by atoms with Crippen LogP contribution in [-0.4, -0.2) is 12.6 Å². The summed E-state index contributed by atoms with van der Waals surface area (Å²) in [6.45, 7) is 0.851. The summed E-state index contributed by atoms with van der Waals surface area (Å²) in [5, 5.41) is 1.20. The van der Waals surface area contributed by atoms with Gasteiger partial charge in [-0.25, -0.2) is 0 Å². The number of benzene rings is 2. The lowest BCUT2D eigenvalue weighted by Gasteiger charge is -2.23. The molecule has 0 aromatic heterocycles. The first-order chi connectivity index (χ1) is 10.1. The molecule has 1 aliphatic heterocycles. The Morgan fingerprint density at radius 3 is 2.64 bits per heavy atom. The van der Waals surface area contributed by atoms with Crippen molar-refractivity contribution in [1.82, 2.24) is 0 Å². The van der Waals surface area contributed by atoms with Crippen LogP contribution in [0.2, 0.25) is 10.0 Å². The molecular weight excluding hydrogens is 345 g/mol. The standard InChI is InChI=1S/C16H15Cl2NO2.ClH/c17-14-2-1-3-15(18)13(14)9-20-12-5-4-10-6-11(19)8-21-16(10)7-12;/h1-5,7,11H,6,8-9,19H2;1H/t11-;/m0./s1. The van der Waals surface area contributed by atoms with Gasteiger partial charge < -0.3 is 15.2 Å². The summed E-state index contributed by atoms with van der Waals surface area (Å²) < 4.78 is 11.4. The van der Waals surface area contributed by atoms with Gasteiger partial charge in [-0.05, 0) is 30.2 Å². The third kappa shape index (κ3) is 3.79. The summed E-state index contributed by atoms with van der Waals surface area (Å²) in [5.74, 6) is 1.56. The molecule has 0 unspecified atom stereocenters. The van der Waals surface area contributed by atoms with Crippen LogP contribution in [-0.2, 0) is 13.0 Å². The van der Waals surface area contributed by atoms with Crippen LogP contribution in [0.5, 0.6) is 11.5 Å². The van der Waals surface area contributed by atoms with Crippen molar-refractivity contribution in [2.45, 2.75) is 19.1 Å². The van der Waals surface area contributed by atoms with Gasteiger partial charge in [-0.1, -0.05) is 35.3 Å². The van der Waals surface area contributed by atoms with Gasteiger partial charge in [0.15, 0.2) is 0 Å². The van der Waals surface area contributed by atoms with E-state index in [9.17, 15) is 0 Å². The average molecular weight is 361 g/mol. The Morgan fingerprint density at radius 2 is 1.91 bits per heavy atom. The number of ether oxygens (including phenoxy) is 2. The van der Waals surface area contributed by atoms with Gasteiger partial charge in [0.1, 0.15) is 24.7 Å². The maximum absolute atomic E-state index is 6.12. The lowest BCUT2D eigenvalue weighted by atomic mass is 10.0. The molecular formula is C16H16Cl3NO2. The smallest absolute Gasteiger partial charge is 0.126 e. The second kappa shape index (κ2) is 7.42. The van der Waals surface area contributed by atoms with Crippen LogP contribution in [0.1, 0.15) is 11.1 Å². The minimum Gasteiger partial charge on any atom is -0.492 e. The first-order valence-corrected chi connectivity index (χ1v) is 7.46. The van der Waals surface area contributed by atoms with E-state index >= 15 is 0 Å². The number of rotatable bonds is 3. The molecule has 1 heterocycles. The summed E-state index contributed by atoms with van der Waals surface area (Å²) in [7, 11) is 0. The van der Waals surface area contributed by atoms with Crippen LogP contribution < -0.4 is 15.2 Å². The number of fused-ring (bicyclic) bond motifs is 1. The van der Waals surface area contributed by atoms with Crippen molar-refractivity contribution >= 4 is 35.6 Å². The highest BCUT2D eigenvalue weighted by Gasteiger charge is 2.17. The van der Waals surface area contributed by atoms with Gasteiger partial charge in [0.2, 0.25) is 0 Å². The topological polar surface area (TPSA) is 44.5 Å². The fourth-order valence-corrected chi connectivity index (χ4v) is 2.80. The minimum atomic E-state index is 0. The van der Waals surface area contributed by atoms with E-state index in [1.807, 2.05) is 24.3 Å². The van der Waals surface area contributed by atoms with E-state index < -0.39 is 0 Å². The van der Waals surface area contributed by atoms with Crippen LogP contribution in [0, 0.1) is 0 Å². The summed E-state index contributed by atoms with van der Waals surface area (Å²) >= 11 is 12.2. The highest BCUT2D eigenvalue weighted by atomic mass is 35.5. The van der Waals surface area contributed by atoms with E-state index in [2.05, 4.69) is 0 Å². The van der Waals surface area contributed by atoms with Crippen LogP contribution in [0.3, 0.4) is 0 Å². The van der Waals surface area contributed by atoms with E-state index in [0.29, 0.717) is 23.3 Å². The second-order valence-electron chi connectivity index (χ2n) is 5.03. The molecule has 0 bridgehead atoms. The Bertz CT molecular complexity index is 644. The summed E-state index contributed by atoms with van der Waals surface area (Å²) in [5.41, 5.74) is 7.76. The van der Waals surface area contributed by atoms with Gasteiger partial charge >= 0.3 is 0 Å². The highest BCUT2D eigenvalue weighted by molar-refractivity contribution is 6.35. The predicted molar refractivity (Wildman–Crippen MR) is 91.7 cm³/mol. The molecule has 2 aromatic rings. The van der Waals surface area contributed by atoms with Crippen LogP contribution in [0.25, 0.3) is 0 Å². The molecule has 0 saturated heterocycles. The molecule has 2 aromatic carbocycles. The molecule has 6 heteroatoms. The Labute approximate surface area is 145 Å². The molecule has 2 N–H and O–H groups in total. The predicted octanol–water partition coefficient (Wildman–Crippen LogP) is 4.26. The molecule has 0 aliphatic carbocycles. The van der Waals surface area contributed by atoms with Gasteiger partial charge in [0, 0.05) is 27.7 Å². The van der Waals surface area contributed by atoms with Crippen molar-refractivity contribution in [1.29, 1.82) is 0 Å². The monoisotopic (exact) mass is 359 g/mol. The van der Waals surface area contributed by atoms with Gasteiger partial charge in [0.25, 0.3) is 0 Å². The molecule has 118 valence electrons. The SMILES string of the molecule is Cl.N[C@@H]1COc2cc(OCc3c(Cl)cccc3Cl)ccc2C1. The van der Waals surface area contributed by atoms with E-state index in [0.717, 1.165) is 29.0 Å². The van der Waals surface area contributed by atoms with Crippen molar-refractivity contribution in [3.8, 4) is 11.5 Å². The van der Waals surface area contributed by atoms with E-state index in [4.69, 9.17) is 38.4 Å². The van der Waals surface area contributed by atoms with Crippen molar-refractivity contribution in [2.75, 3.05) is 6.61 Å². The Kier molecular flexibility index (Phi) is 5.81. The maximum Gasteiger partial charge on any atom is 0.126 e. The number of hydrogen-bond donors (Lipinski definition) is 1. The Morgan fingerprint density at radius 1 is 1.18 bits per heavy atom. The molecule has 3 nitrogen and oxygen atoms in total. The fourth-order valence-electron chi connectivity index (χ4n) is 2.29. The normalized spacial score (nSPS) is 16.2. The number of halogens is 3. The van der Waals surface area contributed by atoms with E-state index in [-0.39, 0.29) is 18.4 Å². The van der Waals surface area contributed by atoms with E-state index in [1.165, 1.54) is 0 Å². The summed E-state index contributed by atoms with van der Waals surface area (Å²) in [4.78, 5) is 0. The first-order valence-electron chi connectivity index (χ1n) is 6.70. The number of hydrogen-bond acceptors (Lipinski definition) is 3. The maximum atomic E-state index is 6.12. The zero-order valence-electron chi connectivity index (χ0n) is 11.7. The highest BCUT2D eigenvalue weighted by Crippen LogP contribution is 2.30. The molecule has 22 heavy (non-hydrogen) atoms. The summed E-state index contributed by atoms with van der Waals surface area (Å²) in [6.07, 6.45) is 0.825. The minimum absolute atomic E-state index is 0. The van der Waals surface area contributed by atoms with Crippen molar-refractivity contribution in [2.24, 2.45) is 5.73 Å². The lowest BCUT2D eigenvalue weighted by molar-refractivity contribution is 0.258. The second-order valence-corrected chi connectivity index (χ2v) is 5.85. The van der Waals surface area contributed by atoms with Crippen LogP contribution in [0.15, 0.2) is 36.4 Å². The number of nitrogens with two attached hydrogens (primary N) is 1. The van der Waals surface area contributed by atoms with Gasteiger partial charge in [0.05, 0.1) is 0 Å².